The van der Waals surface area contributed by atoms with E-state index >= 15 is 0 Å². The third-order valence-corrected chi connectivity index (χ3v) is 7.45. The number of benzene rings is 3. The Morgan fingerprint density at radius 3 is 2.47 bits per heavy atom. The molecule has 0 aromatic heterocycles. The molecule has 4 aliphatic heterocycles. The van der Waals surface area contributed by atoms with Crippen LogP contribution in [0.4, 0.5) is 0 Å². The first-order valence-corrected chi connectivity index (χ1v) is 11.0. The highest BCUT2D eigenvalue weighted by atomic mass is 79.9. The second kappa shape index (κ2) is 7.42. The Bertz CT molecular complexity index is 1200. The topological polar surface area (TPSA) is 36.9 Å². The summed E-state index contributed by atoms with van der Waals surface area (Å²) in [5.41, 5.74) is 6.90. The second-order valence-corrected chi connectivity index (χ2v) is 9.06. The summed E-state index contributed by atoms with van der Waals surface area (Å²) in [5, 5.41) is 0. The Balaban J connectivity index is 0.00000196. The summed E-state index contributed by atoms with van der Waals surface area (Å²) in [4.78, 5) is 0. The summed E-state index contributed by atoms with van der Waals surface area (Å²) in [5.74, 6) is 3.62. The van der Waals surface area contributed by atoms with Gasteiger partial charge in [-0.2, -0.15) is 0 Å². The maximum absolute atomic E-state index is 5.93. The van der Waals surface area contributed by atoms with E-state index in [1.165, 1.54) is 27.8 Å². The van der Waals surface area contributed by atoms with Crippen molar-refractivity contribution in [2.24, 2.45) is 0 Å². The zero-order valence-electron chi connectivity index (χ0n) is 17.7. The molecule has 2 atom stereocenters. The molecule has 0 saturated heterocycles. The Kier molecular flexibility index (Phi) is 4.63. The first-order valence-electron chi connectivity index (χ1n) is 11.0. The smallest absolute Gasteiger partial charge is 0.231 e. The van der Waals surface area contributed by atoms with Crippen molar-refractivity contribution in [1.29, 1.82) is 0 Å². The highest BCUT2D eigenvalue weighted by Gasteiger charge is 2.48. The van der Waals surface area contributed by atoms with Gasteiger partial charge in [0.1, 0.15) is 19.1 Å². The van der Waals surface area contributed by atoms with Crippen LogP contribution in [-0.4, -0.2) is 24.6 Å². The van der Waals surface area contributed by atoms with Crippen LogP contribution >= 0.6 is 0 Å². The van der Waals surface area contributed by atoms with Crippen LogP contribution < -0.4 is 35.9 Å². The van der Waals surface area contributed by atoms with Crippen LogP contribution in [0.1, 0.15) is 33.9 Å². The molecule has 0 spiro atoms. The largest absolute Gasteiger partial charge is 1.00 e. The molecule has 5 nitrogen and oxygen atoms in total. The van der Waals surface area contributed by atoms with Gasteiger partial charge in [0.2, 0.25) is 13.6 Å². The monoisotopic (exact) mass is 493 g/mol. The highest BCUT2D eigenvalue weighted by Crippen LogP contribution is 2.51. The summed E-state index contributed by atoms with van der Waals surface area (Å²) < 4.78 is 24.1. The third-order valence-electron chi connectivity index (χ3n) is 7.45. The molecule has 0 amide bonds. The summed E-state index contributed by atoms with van der Waals surface area (Å²) >= 11 is 0. The molecule has 4 heterocycles. The van der Waals surface area contributed by atoms with Gasteiger partial charge in [-0.05, 0) is 29.3 Å². The van der Waals surface area contributed by atoms with Crippen molar-refractivity contribution < 1.29 is 40.4 Å². The molecule has 3 aromatic carbocycles. The molecule has 2 unspecified atom stereocenters. The van der Waals surface area contributed by atoms with Gasteiger partial charge >= 0.3 is 0 Å². The first-order chi connectivity index (χ1) is 15.3. The number of ether oxygens (including phenoxy) is 4. The maximum Gasteiger partial charge on any atom is 0.231 e. The Hall–Kier alpha value is -2.70. The number of hydrogen-bond acceptors (Lipinski definition) is 4. The van der Waals surface area contributed by atoms with Crippen LogP contribution in [0.2, 0.25) is 0 Å². The van der Waals surface area contributed by atoms with E-state index in [0.717, 1.165) is 60.0 Å². The first kappa shape index (κ1) is 19.9. The van der Waals surface area contributed by atoms with Crippen LogP contribution in [0.3, 0.4) is 0 Å². The Labute approximate surface area is 197 Å². The number of fused-ring (bicyclic) bond motifs is 7. The molecule has 7 rings (SSSR count). The van der Waals surface area contributed by atoms with Gasteiger partial charge in [-0.3, -0.25) is 0 Å². The van der Waals surface area contributed by atoms with Crippen LogP contribution in [0, 0.1) is 0 Å². The van der Waals surface area contributed by atoms with E-state index in [4.69, 9.17) is 18.9 Å². The fraction of sp³-hybridized carbons (Fsp3) is 0.308. The fourth-order valence-electron chi connectivity index (χ4n) is 5.96. The van der Waals surface area contributed by atoms with Crippen molar-refractivity contribution in [3.63, 3.8) is 0 Å². The average molecular weight is 494 g/mol. The van der Waals surface area contributed by atoms with Gasteiger partial charge < -0.3 is 40.4 Å². The minimum absolute atomic E-state index is 0. The van der Waals surface area contributed by atoms with Gasteiger partial charge in [0.05, 0.1) is 12.1 Å². The summed E-state index contributed by atoms with van der Waals surface area (Å²) in [6, 6.07) is 20.0. The van der Waals surface area contributed by atoms with E-state index in [1.807, 2.05) is 0 Å². The molecule has 164 valence electrons. The van der Waals surface area contributed by atoms with Crippen molar-refractivity contribution in [2.45, 2.75) is 32.0 Å². The lowest BCUT2D eigenvalue weighted by atomic mass is 9.80. The van der Waals surface area contributed by atoms with Crippen LogP contribution in [-0.2, 0) is 25.9 Å². The fourth-order valence-corrected chi connectivity index (χ4v) is 5.96. The number of rotatable bonds is 2. The van der Waals surface area contributed by atoms with Crippen LogP contribution in [0.15, 0.2) is 54.6 Å². The van der Waals surface area contributed by atoms with Gasteiger partial charge in [0.25, 0.3) is 0 Å². The van der Waals surface area contributed by atoms with Crippen molar-refractivity contribution in [2.75, 3.05) is 20.1 Å². The molecule has 4 aliphatic rings. The minimum atomic E-state index is 0. The standard InChI is InChI=1S/C26H24NO4.BrH/c1-2-4-17(5-3-1)13-27-9-8-19-11-24-25(30-15-29-24)12-20(19)22(27)10-18-6-7-23-26(21(18)14-27)31-16-28-23;/h1-7,11-12,22H,8-10,13-16H2;1H/q+1;/p-1. The molecular weight excluding hydrogens is 470 g/mol. The van der Waals surface area contributed by atoms with Crippen molar-refractivity contribution >= 4 is 0 Å². The third kappa shape index (κ3) is 2.93. The molecule has 0 saturated carbocycles. The average Bonchev–Trinajstić information content (AvgIpc) is 3.46. The van der Waals surface area contributed by atoms with E-state index in [2.05, 4.69) is 54.6 Å². The molecule has 3 aromatic rings. The zero-order chi connectivity index (χ0) is 20.4. The number of halogens is 1. The highest BCUT2D eigenvalue weighted by molar-refractivity contribution is 5.55. The molecule has 0 fully saturated rings. The number of nitrogens with zero attached hydrogens (tertiary/aromatic N) is 1. The molecule has 32 heavy (non-hydrogen) atoms. The van der Waals surface area contributed by atoms with E-state index in [9.17, 15) is 0 Å². The summed E-state index contributed by atoms with van der Waals surface area (Å²) in [6.45, 7) is 3.69. The van der Waals surface area contributed by atoms with Crippen LogP contribution in [0.5, 0.6) is 23.0 Å². The summed E-state index contributed by atoms with van der Waals surface area (Å²) in [7, 11) is 0. The minimum Gasteiger partial charge on any atom is -1.00 e. The lowest BCUT2D eigenvalue weighted by Crippen LogP contribution is -3.00. The quantitative estimate of drug-likeness (QED) is 0.507. The maximum atomic E-state index is 5.93. The molecule has 0 radical (unpaired) electrons. The van der Waals surface area contributed by atoms with Gasteiger partial charge in [-0.1, -0.05) is 36.4 Å². The van der Waals surface area contributed by atoms with Gasteiger partial charge in [-0.25, -0.2) is 0 Å². The lowest BCUT2D eigenvalue weighted by Gasteiger charge is -2.51. The zero-order valence-corrected chi connectivity index (χ0v) is 19.3. The number of hydrogen-bond donors (Lipinski definition) is 0. The van der Waals surface area contributed by atoms with Gasteiger partial charge in [0, 0.05) is 24.0 Å². The Morgan fingerprint density at radius 2 is 1.59 bits per heavy atom. The molecule has 0 bridgehead atoms. The Morgan fingerprint density at radius 1 is 0.812 bits per heavy atom. The SMILES string of the molecule is [Br-].c1ccc(C[N+]23CCc4cc5c(cc4C2Cc2ccc4c(c2C3)OCO4)OCO5)cc1. The van der Waals surface area contributed by atoms with E-state index < -0.39 is 0 Å². The van der Waals surface area contributed by atoms with Crippen molar-refractivity contribution in [3.8, 4) is 23.0 Å². The summed E-state index contributed by atoms with van der Waals surface area (Å²) in [6.07, 6.45) is 2.03. The lowest BCUT2D eigenvalue weighted by molar-refractivity contribution is -0.985. The predicted molar refractivity (Wildman–Crippen MR) is 114 cm³/mol. The molecular formula is C26H24BrNO4. The van der Waals surface area contributed by atoms with E-state index in [1.54, 1.807) is 0 Å². The van der Waals surface area contributed by atoms with Crippen molar-refractivity contribution in [1.82, 2.24) is 0 Å². The van der Waals surface area contributed by atoms with Crippen molar-refractivity contribution in [3.05, 3.63) is 82.4 Å². The predicted octanol–water partition coefficient (Wildman–Crippen LogP) is 1.52. The molecule has 0 N–H and O–H groups in total. The molecule has 6 heteroatoms. The van der Waals surface area contributed by atoms with Crippen LogP contribution in [0.25, 0.3) is 0 Å². The molecule has 0 aliphatic carbocycles. The second-order valence-electron chi connectivity index (χ2n) is 9.06. The van der Waals surface area contributed by atoms with Gasteiger partial charge in [-0.15, -0.1) is 0 Å². The number of quaternary nitrogens is 1. The van der Waals surface area contributed by atoms with Gasteiger partial charge in [0.15, 0.2) is 23.0 Å². The van der Waals surface area contributed by atoms with E-state index in [0.29, 0.717) is 19.6 Å². The van der Waals surface area contributed by atoms with E-state index in [-0.39, 0.29) is 17.0 Å². The normalized spacial score (nSPS) is 23.6.